The first-order valence-corrected chi connectivity index (χ1v) is 13.9. The van der Waals surface area contributed by atoms with Gasteiger partial charge in [0.15, 0.2) is 12.1 Å². The van der Waals surface area contributed by atoms with Gasteiger partial charge in [0.05, 0.1) is 18.3 Å². The summed E-state index contributed by atoms with van der Waals surface area (Å²) in [6.45, 7) is 4.62. The second-order valence-electron chi connectivity index (χ2n) is 10.9. The van der Waals surface area contributed by atoms with E-state index in [0.717, 1.165) is 38.0 Å². The van der Waals surface area contributed by atoms with Crippen LogP contribution in [0.3, 0.4) is 0 Å². The molecule has 6 rings (SSSR count). The Balaban J connectivity index is 1.25. The lowest BCUT2D eigenvalue weighted by Crippen LogP contribution is -2.57. The molecular weight excluding hydrogens is 462 g/mol. The lowest BCUT2D eigenvalue weighted by atomic mass is 9.57. The molecule has 4 aliphatic rings. The van der Waals surface area contributed by atoms with Crippen molar-refractivity contribution in [3.05, 3.63) is 65.7 Å². The molecule has 0 N–H and O–H groups in total. The maximum absolute atomic E-state index is 13.7. The zero-order chi connectivity index (χ0) is 23.8. The number of halogens is 2. The summed E-state index contributed by atoms with van der Waals surface area (Å²) >= 11 is 1.37. The molecule has 3 aliphatic heterocycles. The van der Waals surface area contributed by atoms with Gasteiger partial charge in [-0.2, -0.15) is 5.10 Å². The first-order valence-electron chi connectivity index (χ1n) is 13.1. The molecular formula is C28H35F2N4S+. The zero-order valence-electron chi connectivity index (χ0n) is 20.2. The first kappa shape index (κ1) is 23.4. The first-order chi connectivity index (χ1) is 17.1. The Bertz CT molecular complexity index is 1040. The maximum Gasteiger partial charge on any atom is 0.153 e. The van der Waals surface area contributed by atoms with E-state index in [-0.39, 0.29) is 17.0 Å². The van der Waals surface area contributed by atoms with Crippen LogP contribution in [0.25, 0.3) is 0 Å². The minimum absolute atomic E-state index is 0.158. The lowest BCUT2D eigenvalue weighted by Gasteiger charge is -2.53. The van der Waals surface area contributed by atoms with E-state index in [1.165, 1.54) is 68.6 Å². The van der Waals surface area contributed by atoms with E-state index in [9.17, 15) is 8.78 Å². The summed E-state index contributed by atoms with van der Waals surface area (Å²) in [6.07, 6.45) is 10.5. The second-order valence-corrected chi connectivity index (χ2v) is 12.2. The Morgan fingerprint density at radius 3 is 2.34 bits per heavy atom. The molecule has 0 bridgehead atoms. The zero-order valence-corrected chi connectivity index (χ0v) is 21.1. The molecule has 0 radical (unpaired) electrons. The summed E-state index contributed by atoms with van der Waals surface area (Å²) in [5.41, 5.74) is 2.36. The highest BCUT2D eigenvalue weighted by Gasteiger charge is 2.54. The minimum Gasteiger partial charge on any atom is -0.262 e. The predicted molar refractivity (Wildman–Crippen MR) is 140 cm³/mol. The van der Waals surface area contributed by atoms with Crippen LogP contribution in [0.15, 0.2) is 53.6 Å². The summed E-state index contributed by atoms with van der Waals surface area (Å²) in [4.78, 5) is 0. The molecule has 7 heteroatoms. The van der Waals surface area contributed by atoms with Gasteiger partial charge in [0.1, 0.15) is 11.6 Å². The van der Waals surface area contributed by atoms with Crippen LogP contribution in [-0.4, -0.2) is 47.0 Å². The van der Waals surface area contributed by atoms with Gasteiger partial charge in [0.25, 0.3) is 0 Å². The van der Waals surface area contributed by atoms with E-state index in [1.807, 2.05) is 24.3 Å². The van der Waals surface area contributed by atoms with Crippen LogP contribution in [0, 0.1) is 28.9 Å². The normalized spacial score (nSPS) is 31.4. The molecule has 3 fully saturated rings. The van der Waals surface area contributed by atoms with Gasteiger partial charge < -0.3 is 0 Å². The Morgan fingerprint density at radius 2 is 1.60 bits per heavy atom. The van der Waals surface area contributed by atoms with Crippen LogP contribution < -0.4 is 5.01 Å². The van der Waals surface area contributed by atoms with Gasteiger partial charge in [0.2, 0.25) is 0 Å². The van der Waals surface area contributed by atoms with Crippen LogP contribution in [-0.2, 0) is 18.6 Å². The average molecular weight is 498 g/mol. The van der Waals surface area contributed by atoms with Crippen molar-refractivity contribution >= 4 is 24.0 Å². The SMILES string of the molecule is Fc1ccc(CC23CC4C=NN(c5ccc(F)cc5)C4CC2CCN([SH+]N2CCCCC2)C3)cc1. The van der Waals surface area contributed by atoms with Crippen molar-refractivity contribution in [3.63, 3.8) is 0 Å². The van der Waals surface area contributed by atoms with Crippen LogP contribution >= 0.6 is 0 Å². The molecule has 2 saturated heterocycles. The van der Waals surface area contributed by atoms with E-state index in [2.05, 4.69) is 19.8 Å². The third-order valence-corrected chi connectivity index (χ3v) is 9.85. The van der Waals surface area contributed by atoms with Gasteiger partial charge in [-0.15, -0.1) is 8.61 Å². The average Bonchev–Trinajstić information content (AvgIpc) is 3.27. The molecule has 2 aromatic rings. The summed E-state index contributed by atoms with van der Waals surface area (Å²) in [6, 6.07) is 14.2. The van der Waals surface area contributed by atoms with Crippen molar-refractivity contribution in [1.29, 1.82) is 0 Å². The third-order valence-electron chi connectivity index (χ3n) is 8.60. The van der Waals surface area contributed by atoms with Crippen molar-refractivity contribution in [2.45, 2.75) is 51.0 Å². The Morgan fingerprint density at radius 1 is 0.886 bits per heavy atom. The van der Waals surface area contributed by atoms with E-state index < -0.39 is 0 Å². The van der Waals surface area contributed by atoms with Crippen molar-refractivity contribution < 1.29 is 8.78 Å². The van der Waals surface area contributed by atoms with Gasteiger partial charge in [-0.25, -0.2) is 8.78 Å². The van der Waals surface area contributed by atoms with Gasteiger partial charge >= 0.3 is 0 Å². The molecule has 1 saturated carbocycles. The number of hydrogen-bond donors (Lipinski definition) is 0. The van der Waals surface area contributed by atoms with E-state index >= 15 is 0 Å². The Hall–Kier alpha value is -1.96. The molecule has 1 aliphatic carbocycles. The number of hydrogen-bond acceptors (Lipinski definition) is 4. The standard InChI is InChI=1S/C28H34F2N4S/c29-24-6-4-21(5-7-24)17-28-18-22-19-31-34(26-10-8-25(30)9-11-26)27(22)16-23(28)12-15-33(20-28)35-32-13-2-1-3-14-32/h4-11,19,22-23,27H,1-3,12-18,20H2/p+1. The van der Waals surface area contributed by atoms with Gasteiger partial charge in [0, 0.05) is 31.8 Å². The number of thiol groups is 1. The third kappa shape index (κ3) is 4.87. The minimum atomic E-state index is -0.212. The molecule has 4 atom stereocenters. The smallest absolute Gasteiger partial charge is 0.153 e. The quantitative estimate of drug-likeness (QED) is 0.417. The molecule has 4 unspecified atom stereocenters. The highest BCUT2D eigenvalue weighted by Crippen LogP contribution is 2.53. The van der Waals surface area contributed by atoms with Crippen molar-refractivity contribution in [2.75, 3.05) is 31.2 Å². The van der Waals surface area contributed by atoms with Crippen LogP contribution in [0.5, 0.6) is 0 Å². The monoisotopic (exact) mass is 497 g/mol. The fourth-order valence-corrected chi connectivity index (χ4v) is 8.25. The Labute approximate surface area is 211 Å². The fourth-order valence-electron chi connectivity index (χ4n) is 6.88. The number of hydrazone groups is 1. The van der Waals surface area contributed by atoms with E-state index in [0.29, 0.717) is 17.9 Å². The number of rotatable bonds is 5. The van der Waals surface area contributed by atoms with Crippen molar-refractivity contribution in [2.24, 2.45) is 22.4 Å². The van der Waals surface area contributed by atoms with Crippen LogP contribution in [0.4, 0.5) is 14.5 Å². The summed E-state index contributed by atoms with van der Waals surface area (Å²) in [5.74, 6) is 0.587. The fraction of sp³-hybridized carbons (Fsp3) is 0.536. The number of benzene rings is 2. The van der Waals surface area contributed by atoms with E-state index in [4.69, 9.17) is 5.10 Å². The predicted octanol–water partition coefficient (Wildman–Crippen LogP) is 5.23. The van der Waals surface area contributed by atoms with Gasteiger partial charge in [-0.3, -0.25) is 5.01 Å². The molecule has 4 nitrogen and oxygen atoms in total. The summed E-state index contributed by atoms with van der Waals surface area (Å²) < 4.78 is 32.5. The highest BCUT2D eigenvalue weighted by atomic mass is 32.2. The molecule has 35 heavy (non-hydrogen) atoms. The summed E-state index contributed by atoms with van der Waals surface area (Å²) in [7, 11) is 0. The van der Waals surface area contributed by atoms with Crippen LogP contribution in [0.2, 0.25) is 0 Å². The largest absolute Gasteiger partial charge is 0.262 e. The molecule has 0 spiro atoms. The molecule has 0 aromatic heterocycles. The maximum atomic E-state index is 13.7. The van der Waals surface area contributed by atoms with Crippen molar-refractivity contribution in [3.8, 4) is 0 Å². The highest BCUT2D eigenvalue weighted by molar-refractivity contribution is 7.73. The lowest BCUT2D eigenvalue weighted by molar-refractivity contribution is 0.00973. The van der Waals surface area contributed by atoms with Crippen LogP contribution in [0.1, 0.15) is 44.1 Å². The topological polar surface area (TPSA) is 22.1 Å². The summed E-state index contributed by atoms with van der Waals surface area (Å²) in [5, 5.41) is 6.94. The molecule has 186 valence electrons. The Kier molecular flexibility index (Phi) is 6.58. The van der Waals surface area contributed by atoms with Crippen molar-refractivity contribution in [1.82, 2.24) is 8.61 Å². The number of anilines is 1. The van der Waals surface area contributed by atoms with Gasteiger partial charge in [-0.1, -0.05) is 18.6 Å². The molecule has 2 aromatic carbocycles. The molecule has 3 heterocycles. The number of fused-ring (bicyclic) bond motifs is 2. The number of nitrogens with zero attached hydrogens (tertiary/aromatic N) is 4. The van der Waals surface area contributed by atoms with Gasteiger partial charge in [-0.05, 0) is 91.8 Å². The second kappa shape index (κ2) is 9.83. The number of piperidine rings is 2. The molecule has 0 amide bonds. The van der Waals surface area contributed by atoms with E-state index in [1.54, 1.807) is 12.1 Å².